The fraction of sp³-hybridized carbons (Fsp3) is 0.368. The second-order valence-corrected chi connectivity index (χ2v) is 10.4. The van der Waals surface area contributed by atoms with Gasteiger partial charge in [-0.05, 0) is 56.7 Å². The van der Waals surface area contributed by atoms with Gasteiger partial charge in [-0.25, -0.2) is 0 Å². The number of rotatable bonds is 5. The molecule has 0 fully saturated rings. The van der Waals surface area contributed by atoms with Crippen molar-refractivity contribution in [2.24, 2.45) is 10.2 Å². The lowest BCUT2D eigenvalue weighted by Gasteiger charge is -2.23. The number of aryl methyl sites for hydroxylation is 1. The van der Waals surface area contributed by atoms with E-state index in [9.17, 15) is 13.0 Å². The second-order valence-electron chi connectivity index (χ2n) is 6.77. The normalized spacial score (nSPS) is 21.1. The lowest BCUT2D eigenvalue weighted by Crippen LogP contribution is -2.29. The highest BCUT2D eigenvalue weighted by Crippen LogP contribution is 2.47. The van der Waals surface area contributed by atoms with Crippen LogP contribution in [-0.2, 0) is 10.1 Å². The fourth-order valence-electron chi connectivity index (χ4n) is 3.47. The van der Waals surface area contributed by atoms with E-state index in [2.05, 4.69) is 52.1 Å². The Morgan fingerprint density at radius 1 is 0.931 bits per heavy atom. The van der Waals surface area contributed by atoms with Crippen LogP contribution in [0.5, 0.6) is 0 Å². The van der Waals surface area contributed by atoms with Crippen LogP contribution < -0.4 is 9.80 Å². The molecule has 154 valence electrons. The maximum absolute atomic E-state index is 11.4. The molecule has 0 aromatic heterocycles. The largest absolute Gasteiger partial charge is 0.339 e. The molecule has 10 heteroatoms. The van der Waals surface area contributed by atoms with Gasteiger partial charge in [0.15, 0.2) is 11.0 Å². The van der Waals surface area contributed by atoms with E-state index in [1.165, 1.54) is 40.0 Å². The van der Waals surface area contributed by atoms with Gasteiger partial charge in [-0.1, -0.05) is 29.6 Å². The zero-order valence-corrected chi connectivity index (χ0v) is 18.8. The molecule has 4 rings (SSSR count). The summed E-state index contributed by atoms with van der Waals surface area (Å²) in [5.41, 5.74) is 2.92. The minimum absolute atomic E-state index is 0.105. The van der Waals surface area contributed by atoms with E-state index in [0.717, 1.165) is 17.1 Å². The van der Waals surface area contributed by atoms with Crippen LogP contribution in [0.3, 0.4) is 0 Å². The van der Waals surface area contributed by atoms with E-state index >= 15 is 0 Å². The molecule has 2 unspecified atom stereocenters. The van der Waals surface area contributed by atoms with Crippen molar-refractivity contribution < 1.29 is 13.0 Å². The predicted octanol–water partition coefficient (Wildman–Crippen LogP) is 4.83. The van der Waals surface area contributed by atoms with Crippen molar-refractivity contribution >= 4 is 45.0 Å². The Kier molecular flexibility index (Phi) is 5.54. The number of nitrogens with zero attached hydrogens (tertiary/aromatic N) is 4. The summed E-state index contributed by atoms with van der Waals surface area (Å²) in [6, 6.07) is 11.0. The first kappa shape index (κ1) is 20.5. The van der Waals surface area contributed by atoms with Gasteiger partial charge < -0.3 is 9.80 Å². The maximum atomic E-state index is 11.4. The van der Waals surface area contributed by atoms with Crippen molar-refractivity contribution in [2.45, 2.75) is 46.5 Å². The van der Waals surface area contributed by atoms with Crippen LogP contribution in [0.15, 0.2) is 61.3 Å². The van der Waals surface area contributed by atoms with Crippen molar-refractivity contribution in [3.05, 3.63) is 42.0 Å². The predicted molar refractivity (Wildman–Crippen MR) is 118 cm³/mol. The van der Waals surface area contributed by atoms with Gasteiger partial charge in [-0.2, -0.15) is 18.6 Å². The number of fused-ring (bicyclic) bond motifs is 2. The van der Waals surface area contributed by atoms with Gasteiger partial charge in [-0.3, -0.25) is 4.55 Å². The molecule has 2 aliphatic heterocycles. The molecule has 2 heterocycles. The van der Waals surface area contributed by atoms with E-state index in [1.807, 2.05) is 6.92 Å². The molecule has 0 bridgehead atoms. The van der Waals surface area contributed by atoms with E-state index in [0.29, 0.717) is 6.54 Å². The lowest BCUT2D eigenvalue weighted by atomic mass is 10.2. The smallest absolute Gasteiger partial charge is 0.294 e. The monoisotopic (exact) mass is 450 g/mol. The van der Waals surface area contributed by atoms with Crippen molar-refractivity contribution in [1.82, 2.24) is 0 Å². The molecule has 7 nitrogen and oxygen atoms in total. The van der Waals surface area contributed by atoms with Crippen molar-refractivity contribution in [1.29, 1.82) is 0 Å². The molecular formula is C19H22N4O3S3. The van der Waals surface area contributed by atoms with Gasteiger partial charge in [0, 0.05) is 22.9 Å². The van der Waals surface area contributed by atoms with Gasteiger partial charge in [0.1, 0.15) is 0 Å². The minimum Gasteiger partial charge on any atom is -0.339 e. The molecule has 29 heavy (non-hydrogen) atoms. The van der Waals surface area contributed by atoms with E-state index in [-0.39, 0.29) is 15.9 Å². The molecule has 1 N–H and O–H groups in total. The van der Waals surface area contributed by atoms with Gasteiger partial charge in [0.2, 0.25) is 0 Å². The Hall–Kier alpha value is -1.75. The maximum Gasteiger partial charge on any atom is 0.294 e. The molecule has 2 aliphatic rings. The highest BCUT2D eigenvalue weighted by atomic mass is 32.2. The topological polar surface area (TPSA) is 85.6 Å². The van der Waals surface area contributed by atoms with Crippen LogP contribution >= 0.6 is 23.5 Å². The average molecular weight is 451 g/mol. The standard InChI is InChI=1S/C19H22N4O3S3/c1-4-22-14-8-6-12(3)10-16(14)27-18(22)20-21-19-23(5-2)15-9-7-13(29(24,25)26)11-17(15)28-19/h6-11,18-19H,4-5H2,1-3H3,(H,24,25,26). The van der Waals surface area contributed by atoms with Crippen molar-refractivity contribution in [3.8, 4) is 0 Å². The van der Waals surface area contributed by atoms with Crippen LogP contribution in [0.1, 0.15) is 19.4 Å². The molecule has 0 saturated carbocycles. The van der Waals surface area contributed by atoms with Gasteiger partial charge in [0.25, 0.3) is 10.1 Å². The Labute approximate surface area is 179 Å². The molecule has 0 spiro atoms. The van der Waals surface area contributed by atoms with Crippen molar-refractivity contribution in [3.63, 3.8) is 0 Å². The summed E-state index contributed by atoms with van der Waals surface area (Å²) in [6.45, 7) is 7.76. The van der Waals surface area contributed by atoms with Crippen molar-refractivity contribution in [2.75, 3.05) is 22.9 Å². The summed E-state index contributed by atoms with van der Waals surface area (Å²) in [5.74, 6) is 0. The molecule has 0 saturated heterocycles. The summed E-state index contributed by atoms with van der Waals surface area (Å²) in [4.78, 5) is 6.18. The summed E-state index contributed by atoms with van der Waals surface area (Å²) in [5, 5.41) is 9.25. The minimum atomic E-state index is -4.23. The lowest BCUT2D eigenvalue weighted by molar-refractivity contribution is 0.483. The third-order valence-corrected chi connectivity index (χ3v) is 8.04. The third kappa shape index (κ3) is 3.86. The molecule has 2 aromatic rings. The molecule has 0 amide bonds. The number of hydrogen-bond donors (Lipinski definition) is 1. The van der Waals surface area contributed by atoms with E-state index in [4.69, 9.17) is 0 Å². The molecule has 0 aliphatic carbocycles. The van der Waals surface area contributed by atoms with Crippen LogP contribution in [0, 0.1) is 6.92 Å². The second kappa shape index (κ2) is 7.82. The van der Waals surface area contributed by atoms with Crippen LogP contribution in [-0.4, -0.2) is 37.1 Å². The third-order valence-electron chi connectivity index (χ3n) is 4.91. The number of hydrogen-bond acceptors (Lipinski definition) is 8. The van der Waals surface area contributed by atoms with Crippen LogP contribution in [0.2, 0.25) is 0 Å². The van der Waals surface area contributed by atoms with Crippen LogP contribution in [0.4, 0.5) is 11.4 Å². The molecule has 2 atom stereocenters. The summed E-state index contributed by atoms with van der Waals surface area (Å²) >= 11 is 3.13. The zero-order chi connectivity index (χ0) is 20.8. The SMILES string of the molecule is CCN1c2ccc(C)cc2SC1N=NC1Sc2cc(S(=O)(=O)O)ccc2N1CC. The first-order chi connectivity index (χ1) is 13.8. The first-order valence-corrected chi connectivity index (χ1v) is 12.5. The van der Waals surface area contributed by atoms with E-state index in [1.54, 1.807) is 17.8 Å². The quantitative estimate of drug-likeness (QED) is 0.516. The first-order valence-electron chi connectivity index (χ1n) is 9.30. The van der Waals surface area contributed by atoms with Crippen LogP contribution in [0.25, 0.3) is 0 Å². The summed E-state index contributed by atoms with van der Waals surface area (Å²) < 4.78 is 32.2. The van der Waals surface area contributed by atoms with E-state index < -0.39 is 10.1 Å². The number of benzene rings is 2. The fourth-order valence-corrected chi connectivity index (χ4v) is 6.55. The summed E-state index contributed by atoms with van der Waals surface area (Å²) in [7, 11) is -4.23. The highest BCUT2D eigenvalue weighted by Gasteiger charge is 2.33. The average Bonchev–Trinajstić information content (AvgIpc) is 3.21. The van der Waals surface area contributed by atoms with Gasteiger partial charge in [0.05, 0.1) is 16.3 Å². The Morgan fingerprint density at radius 2 is 1.45 bits per heavy atom. The Bertz CT molecular complexity index is 1070. The van der Waals surface area contributed by atoms with Gasteiger partial charge in [-0.15, -0.1) is 0 Å². The number of anilines is 2. The molecular weight excluding hydrogens is 428 g/mol. The number of thioether (sulfide) groups is 2. The summed E-state index contributed by atoms with van der Waals surface area (Å²) in [6.07, 6.45) is 0. The number of azo groups is 1. The molecule has 2 aromatic carbocycles. The Balaban J connectivity index is 1.57. The zero-order valence-electron chi connectivity index (χ0n) is 16.3. The highest BCUT2D eigenvalue weighted by molar-refractivity contribution is 8.00. The Morgan fingerprint density at radius 3 is 1.97 bits per heavy atom. The molecule has 0 radical (unpaired) electrons. The van der Waals surface area contributed by atoms with Gasteiger partial charge >= 0.3 is 0 Å².